The first kappa shape index (κ1) is 18.6. The van der Waals surface area contributed by atoms with E-state index in [1.165, 1.54) is 0 Å². The highest BCUT2D eigenvalue weighted by molar-refractivity contribution is 6.42. The molecule has 0 aliphatic carbocycles. The molecule has 0 spiro atoms. The Morgan fingerprint density at radius 2 is 1.79 bits per heavy atom. The first-order chi connectivity index (χ1) is 11.5. The van der Waals surface area contributed by atoms with Crippen LogP contribution in [-0.4, -0.2) is 55.5 Å². The topological polar surface area (TPSA) is 58.6 Å². The van der Waals surface area contributed by atoms with Crippen molar-refractivity contribution < 1.29 is 14.3 Å². The highest BCUT2D eigenvalue weighted by Gasteiger charge is 2.24. The number of rotatable bonds is 7. The van der Waals surface area contributed by atoms with Crippen molar-refractivity contribution in [3.63, 3.8) is 0 Å². The average molecular weight is 332 g/mol. The third-order valence-corrected chi connectivity index (χ3v) is 4.32. The third kappa shape index (κ3) is 5.42. The highest BCUT2D eigenvalue weighted by atomic mass is 16.5. The molecule has 24 heavy (non-hydrogen) atoms. The van der Waals surface area contributed by atoms with Crippen molar-refractivity contribution in [3.05, 3.63) is 35.4 Å². The summed E-state index contributed by atoms with van der Waals surface area (Å²) in [6.45, 7) is 10.00. The molecule has 1 aliphatic rings. The standard InChI is InChI=1S/C19H28N2O3/c1-14(2)12-17(21-8-10-24-11-9-21)13-20-19(23)18(22)16-6-4-15(3)5-7-16/h4-7,14,17H,8-13H2,1-3H3,(H,20,23). The molecular weight excluding hydrogens is 304 g/mol. The van der Waals surface area contributed by atoms with E-state index >= 15 is 0 Å². The molecule has 5 nitrogen and oxygen atoms in total. The molecule has 1 saturated heterocycles. The average Bonchev–Trinajstić information content (AvgIpc) is 2.59. The molecule has 0 saturated carbocycles. The molecule has 1 aromatic rings. The number of nitrogens with zero attached hydrogens (tertiary/aromatic N) is 1. The van der Waals surface area contributed by atoms with Crippen molar-refractivity contribution in [2.45, 2.75) is 33.2 Å². The van der Waals surface area contributed by atoms with Gasteiger partial charge >= 0.3 is 0 Å². The van der Waals surface area contributed by atoms with E-state index in [0.29, 0.717) is 18.0 Å². The molecule has 1 N–H and O–H groups in total. The normalized spacial score (nSPS) is 16.8. The molecule has 5 heteroatoms. The molecule has 1 amide bonds. The summed E-state index contributed by atoms with van der Waals surface area (Å²) >= 11 is 0. The number of aryl methyl sites for hydroxylation is 1. The van der Waals surface area contributed by atoms with Crippen molar-refractivity contribution in [1.82, 2.24) is 10.2 Å². The Labute approximate surface area is 144 Å². The summed E-state index contributed by atoms with van der Waals surface area (Å²) in [6.07, 6.45) is 0.985. The summed E-state index contributed by atoms with van der Waals surface area (Å²) in [5.41, 5.74) is 1.50. The van der Waals surface area contributed by atoms with Crippen LogP contribution in [-0.2, 0) is 9.53 Å². The maximum absolute atomic E-state index is 12.2. The summed E-state index contributed by atoms with van der Waals surface area (Å²) in [5.74, 6) is -0.469. The number of carbonyl (C=O) groups excluding carboxylic acids is 2. The maximum Gasteiger partial charge on any atom is 0.292 e. The Balaban J connectivity index is 1.93. The van der Waals surface area contributed by atoms with Gasteiger partial charge in [-0.25, -0.2) is 0 Å². The van der Waals surface area contributed by atoms with Crippen molar-refractivity contribution in [2.75, 3.05) is 32.8 Å². The Hall–Kier alpha value is -1.72. The van der Waals surface area contributed by atoms with Gasteiger partial charge in [0, 0.05) is 31.2 Å². The fraction of sp³-hybridized carbons (Fsp3) is 0.579. The number of morpholine rings is 1. The van der Waals surface area contributed by atoms with E-state index in [0.717, 1.165) is 38.3 Å². The van der Waals surface area contributed by atoms with Crippen LogP contribution in [0.4, 0.5) is 0 Å². The number of ether oxygens (including phenoxy) is 1. The summed E-state index contributed by atoms with van der Waals surface area (Å²) in [6, 6.07) is 7.32. The first-order valence-electron chi connectivity index (χ1n) is 8.68. The lowest BCUT2D eigenvalue weighted by Gasteiger charge is -2.35. The zero-order chi connectivity index (χ0) is 17.5. The lowest BCUT2D eigenvalue weighted by molar-refractivity contribution is -0.117. The van der Waals surface area contributed by atoms with E-state index in [9.17, 15) is 9.59 Å². The van der Waals surface area contributed by atoms with Gasteiger partial charge < -0.3 is 10.1 Å². The van der Waals surface area contributed by atoms with Crippen LogP contribution in [0.5, 0.6) is 0 Å². The van der Waals surface area contributed by atoms with Gasteiger partial charge in [-0.2, -0.15) is 0 Å². The Morgan fingerprint density at radius 3 is 2.38 bits per heavy atom. The molecule has 0 bridgehead atoms. The fourth-order valence-corrected chi connectivity index (χ4v) is 2.98. The lowest BCUT2D eigenvalue weighted by atomic mass is 10.0. The number of nitrogens with one attached hydrogen (secondary N) is 1. The smallest absolute Gasteiger partial charge is 0.292 e. The van der Waals surface area contributed by atoms with Gasteiger partial charge in [-0.15, -0.1) is 0 Å². The van der Waals surface area contributed by atoms with E-state index in [4.69, 9.17) is 4.74 Å². The number of hydrogen-bond donors (Lipinski definition) is 1. The van der Waals surface area contributed by atoms with Gasteiger partial charge in [-0.05, 0) is 19.3 Å². The quantitative estimate of drug-likeness (QED) is 0.613. The number of carbonyl (C=O) groups is 2. The van der Waals surface area contributed by atoms with Gasteiger partial charge in [-0.1, -0.05) is 43.7 Å². The van der Waals surface area contributed by atoms with E-state index in [1.807, 2.05) is 19.1 Å². The summed E-state index contributed by atoms with van der Waals surface area (Å²) < 4.78 is 5.40. The van der Waals surface area contributed by atoms with Gasteiger partial charge in [0.05, 0.1) is 13.2 Å². The van der Waals surface area contributed by atoms with Crippen LogP contribution in [0.2, 0.25) is 0 Å². The molecule has 0 radical (unpaired) electrons. The minimum absolute atomic E-state index is 0.240. The Kier molecular flexibility index (Phi) is 6.94. The van der Waals surface area contributed by atoms with Crippen LogP contribution >= 0.6 is 0 Å². The lowest BCUT2D eigenvalue weighted by Crippen LogP contribution is -2.50. The number of amides is 1. The minimum atomic E-state index is -0.527. The number of benzene rings is 1. The molecule has 1 atom stereocenters. The van der Waals surface area contributed by atoms with Gasteiger partial charge in [-0.3, -0.25) is 14.5 Å². The van der Waals surface area contributed by atoms with Gasteiger partial charge in [0.2, 0.25) is 5.78 Å². The predicted molar refractivity (Wildman–Crippen MR) is 94.2 cm³/mol. The van der Waals surface area contributed by atoms with E-state index in [2.05, 4.69) is 24.1 Å². The van der Waals surface area contributed by atoms with Gasteiger partial charge in [0.15, 0.2) is 0 Å². The van der Waals surface area contributed by atoms with Crippen LogP contribution in [0, 0.1) is 12.8 Å². The van der Waals surface area contributed by atoms with Crippen LogP contribution in [0.3, 0.4) is 0 Å². The van der Waals surface area contributed by atoms with E-state index < -0.39 is 11.7 Å². The summed E-state index contributed by atoms with van der Waals surface area (Å²) in [7, 11) is 0. The molecular formula is C19H28N2O3. The van der Waals surface area contributed by atoms with E-state index in [-0.39, 0.29) is 6.04 Å². The Morgan fingerprint density at radius 1 is 1.17 bits per heavy atom. The molecule has 2 rings (SSSR count). The predicted octanol–water partition coefficient (Wildman–Crippen LogP) is 2.04. The molecule has 1 unspecified atom stereocenters. The van der Waals surface area contributed by atoms with E-state index in [1.54, 1.807) is 12.1 Å². The zero-order valence-corrected chi connectivity index (χ0v) is 14.9. The zero-order valence-electron chi connectivity index (χ0n) is 14.9. The highest BCUT2D eigenvalue weighted by Crippen LogP contribution is 2.13. The monoisotopic (exact) mass is 332 g/mol. The molecule has 1 heterocycles. The van der Waals surface area contributed by atoms with Crippen molar-refractivity contribution >= 4 is 11.7 Å². The largest absolute Gasteiger partial charge is 0.379 e. The maximum atomic E-state index is 12.2. The first-order valence-corrected chi connectivity index (χ1v) is 8.68. The fourth-order valence-electron chi connectivity index (χ4n) is 2.98. The van der Waals surface area contributed by atoms with Gasteiger partial charge in [0.1, 0.15) is 0 Å². The molecule has 1 aromatic carbocycles. The number of hydrogen-bond acceptors (Lipinski definition) is 4. The van der Waals surface area contributed by atoms with Crippen molar-refractivity contribution in [2.24, 2.45) is 5.92 Å². The van der Waals surface area contributed by atoms with Crippen LogP contribution in [0.15, 0.2) is 24.3 Å². The molecule has 0 aromatic heterocycles. The molecule has 1 fully saturated rings. The van der Waals surface area contributed by atoms with Crippen LogP contribution in [0.25, 0.3) is 0 Å². The molecule has 1 aliphatic heterocycles. The second-order valence-corrected chi connectivity index (χ2v) is 6.84. The second-order valence-electron chi connectivity index (χ2n) is 6.84. The van der Waals surface area contributed by atoms with Crippen molar-refractivity contribution in [3.8, 4) is 0 Å². The minimum Gasteiger partial charge on any atom is -0.379 e. The molecule has 132 valence electrons. The summed E-state index contributed by atoms with van der Waals surface area (Å²) in [5, 5.41) is 2.83. The number of Topliss-reactive ketones (excluding diaryl/α,β-unsaturated/α-hetero) is 1. The SMILES string of the molecule is Cc1ccc(C(=O)C(=O)NCC(CC(C)C)N2CCOCC2)cc1. The van der Waals surface area contributed by atoms with Crippen LogP contribution in [0.1, 0.15) is 36.2 Å². The van der Waals surface area contributed by atoms with Crippen LogP contribution < -0.4 is 5.32 Å². The van der Waals surface area contributed by atoms with Crippen molar-refractivity contribution in [1.29, 1.82) is 0 Å². The Bertz CT molecular complexity index is 548. The summed E-state index contributed by atoms with van der Waals surface area (Å²) in [4.78, 5) is 26.8. The third-order valence-electron chi connectivity index (χ3n) is 4.32. The second kappa shape index (κ2) is 8.94. The number of ketones is 1. The van der Waals surface area contributed by atoms with Gasteiger partial charge in [0.25, 0.3) is 5.91 Å².